The number of allylic oxidation sites excluding steroid dienone is 16. The van der Waals surface area contributed by atoms with Crippen molar-refractivity contribution < 1.29 is 38.5 Å². The molecule has 0 fully saturated rings. The predicted molar refractivity (Wildman–Crippen MR) is 204 cm³/mol. The van der Waals surface area contributed by atoms with Crippen LogP contribution in [0.25, 0.3) is 0 Å². The number of aliphatic carboxylic acids is 1. The molecule has 8 nitrogen and oxygen atoms in total. The zero-order valence-corrected chi connectivity index (χ0v) is 31.5. The van der Waals surface area contributed by atoms with E-state index in [-0.39, 0.29) is 26.2 Å². The number of rotatable bonds is 32. The number of quaternary nitrogens is 1. The first-order valence-corrected chi connectivity index (χ1v) is 18.4. The van der Waals surface area contributed by atoms with E-state index in [1.807, 2.05) is 21.1 Å². The van der Waals surface area contributed by atoms with E-state index >= 15 is 0 Å². The van der Waals surface area contributed by atoms with Gasteiger partial charge in [-0.15, -0.1) is 0 Å². The van der Waals surface area contributed by atoms with Crippen molar-refractivity contribution in [2.24, 2.45) is 0 Å². The number of aliphatic hydroxyl groups is 1. The third kappa shape index (κ3) is 36.0. The lowest BCUT2D eigenvalue weighted by atomic mass is 10.1. The summed E-state index contributed by atoms with van der Waals surface area (Å²) in [5, 5.41) is 21.1. The summed E-state index contributed by atoms with van der Waals surface area (Å²) in [4.78, 5) is 23.1. The Kier molecular flexibility index (Phi) is 31.9. The predicted octanol–water partition coefficient (Wildman–Crippen LogP) is 7.64. The van der Waals surface area contributed by atoms with Crippen molar-refractivity contribution in [3.63, 3.8) is 0 Å². The van der Waals surface area contributed by atoms with Crippen LogP contribution in [0.15, 0.2) is 97.2 Å². The van der Waals surface area contributed by atoms with Gasteiger partial charge in [0, 0.05) is 6.42 Å². The van der Waals surface area contributed by atoms with Gasteiger partial charge in [0.05, 0.1) is 40.3 Å². The van der Waals surface area contributed by atoms with Gasteiger partial charge in [-0.25, -0.2) is 0 Å². The van der Waals surface area contributed by atoms with E-state index in [0.29, 0.717) is 11.0 Å². The van der Waals surface area contributed by atoms with Crippen LogP contribution in [-0.4, -0.2) is 81.4 Å². The highest BCUT2D eigenvalue weighted by atomic mass is 16.7. The van der Waals surface area contributed by atoms with Crippen LogP contribution in [0.5, 0.6) is 0 Å². The molecule has 0 rings (SSSR count). The number of carbonyl (C=O) groups is 2. The number of aliphatic hydroxyl groups excluding tert-OH is 1. The summed E-state index contributed by atoms with van der Waals surface area (Å²) in [6.45, 7) is 2.28. The molecule has 282 valence electrons. The summed E-state index contributed by atoms with van der Waals surface area (Å²) in [5.41, 5.74) is 0. The molecule has 0 aliphatic carbocycles. The second-order valence-electron chi connectivity index (χ2n) is 13.0. The number of esters is 1. The van der Waals surface area contributed by atoms with E-state index in [9.17, 15) is 19.8 Å². The van der Waals surface area contributed by atoms with Crippen LogP contribution in [0.2, 0.25) is 0 Å². The maximum absolute atomic E-state index is 11.9. The SMILES string of the molecule is CC/C=C\C/C=C\C/C=C\C/C=C\C/C=C\C/C=C\C/C=C\C/C=C\CCCCCCC(=O)OCC(O)COC(OCC[N+](C)(C)C)C(=O)[O-]. The van der Waals surface area contributed by atoms with E-state index < -0.39 is 24.3 Å². The van der Waals surface area contributed by atoms with Crippen molar-refractivity contribution >= 4 is 11.9 Å². The molecule has 0 aromatic rings. The first-order valence-electron chi connectivity index (χ1n) is 18.4. The Labute approximate surface area is 303 Å². The van der Waals surface area contributed by atoms with E-state index in [1.165, 1.54) is 0 Å². The second-order valence-corrected chi connectivity index (χ2v) is 13.0. The molecule has 2 atom stereocenters. The van der Waals surface area contributed by atoms with E-state index in [1.54, 1.807) is 0 Å². The minimum atomic E-state index is -1.59. The van der Waals surface area contributed by atoms with Gasteiger partial charge in [-0.1, -0.05) is 117 Å². The van der Waals surface area contributed by atoms with E-state index in [0.717, 1.165) is 83.5 Å². The average molecular weight is 698 g/mol. The number of carboxylic acids is 1. The van der Waals surface area contributed by atoms with Crippen LogP contribution >= 0.6 is 0 Å². The van der Waals surface area contributed by atoms with Crippen LogP contribution < -0.4 is 5.11 Å². The van der Waals surface area contributed by atoms with Crippen molar-refractivity contribution in [3.8, 4) is 0 Å². The molecule has 1 N–H and O–H groups in total. The first kappa shape index (κ1) is 46.7. The van der Waals surface area contributed by atoms with Gasteiger partial charge >= 0.3 is 5.97 Å². The number of hydrogen-bond donors (Lipinski definition) is 1. The summed E-state index contributed by atoms with van der Waals surface area (Å²) >= 11 is 0. The topological polar surface area (TPSA) is 105 Å². The number of carbonyl (C=O) groups excluding carboxylic acids is 2. The minimum absolute atomic E-state index is 0.160. The number of ether oxygens (including phenoxy) is 3. The molecule has 0 bridgehead atoms. The van der Waals surface area contributed by atoms with Crippen LogP contribution in [-0.2, 0) is 23.8 Å². The lowest BCUT2D eigenvalue weighted by Gasteiger charge is -2.26. The lowest BCUT2D eigenvalue weighted by Crippen LogP contribution is -2.44. The van der Waals surface area contributed by atoms with Gasteiger partial charge < -0.3 is 33.7 Å². The molecule has 0 aliphatic rings. The summed E-state index contributed by atoms with van der Waals surface area (Å²) in [5.74, 6) is -1.91. The Hall–Kier alpha value is -3.30. The molecule has 0 saturated heterocycles. The molecule has 0 aromatic heterocycles. The van der Waals surface area contributed by atoms with Crippen molar-refractivity contribution in [2.75, 3.05) is 47.5 Å². The van der Waals surface area contributed by atoms with Gasteiger partial charge in [-0.3, -0.25) is 4.79 Å². The highest BCUT2D eigenvalue weighted by Gasteiger charge is 2.17. The van der Waals surface area contributed by atoms with Gasteiger partial charge in [0.15, 0.2) is 6.29 Å². The zero-order chi connectivity index (χ0) is 37.0. The van der Waals surface area contributed by atoms with Gasteiger partial charge in [-0.2, -0.15) is 0 Å². The fourth-order valence-electron chi connectivity index (χ4n) is 4.19. The van der Waals surface area contributed by atoms with Crippen molar-refractivity contribution in [1.29, 1.82) is 0 Å². The summed E-state index contributed by atoms with van der Waals surface area (Å²) < 4.78 is 15.9. The lowest BCUT2D eigenvalue weighted by molar-refractivity contribution is -0.870. The Morgan fingerprint density at radius 2 is 1.06 bits per heavy atom. The molecule has 2 unspecified atom stereocenters. The fraction of sp³-hybridized carbons (Fsp3) is 0.571. The number of nitrogens with zero attached hydrogens (tertiary/aromatic N) is 1. The molecule has 0 aromatic carbocycles. The number of carboxylic acid groups (broad SMARTS) is 1. The maximum Gasteiger partial charge on any atom is 0.305 e. The molecule has 0 spiro atoms. The Morgan fingerprint density at radius 3 is 1.50 bits per heavy atom. The smallest absolute Gasteiger partial charge is 0.305 e. The first-order chi connectivity index (χ1) is 24.2. The molecule has 0 saturated carbocycles. The normalized spacial score (nSPS) is 14.3. The molecular formula is C42H67NO7. The Balaban J connectivity index is 3.71. The number of hydrogen-bond acceptors (Lipinski definition) is 7. The maximum atomic E-state index is 11.9. The minimum Gasteiger partial charge on any atom is -0.545 e. The largest absolute Gasteiger partial charge is 0.545 e. The third-order valence-electron chi connectivity index (χ3n) is 7.08. The highest BCUT2D eigenvalue weighted by Crippen LogP contribution is 2.08. The van der Waals surface area contributed by atoms with E-state index in [2.05, 4.69) is 104 Å². The quantitative estimate of drug-likeness (QED) is 0.0253. The van der Waals surface area contributed by atoms with Crippen molar-refractivity contribution in [1.82, 2.24) is 0 Å². The zero-order valence-electron chi connectivity index (χ0n) is 31.5. The summed E-state index contributed by atoms with van der Waals surface area (Å²) in [7, 11) is 5.85. The monoisotopic (exact) mass is 697 g/mol. The van der Waals surface area contributed by atoms with E-state index in [4.69, 9.17) is 14.2 Å². The van der Waals surface area contributed by atoms with Gasteiger partial charge in [0.1, 0.15) is 19.3 Å². The fourth-order valence-corrected chi connectivity index (χ4v) is 4.19. The van der Waals surface area contributed by atoms with Crippen molar-refractivity contribution in [2.45, 2.75) is 109 Å². The van der Waals surface area contributed by atoms with Crippen molar-refractivity contribution in [3.05, 3.63) is 97.2 Å². The van der Waals surface area contributed by atoms with Crippen LogP contribution in [0.3, 0.4) is 0 Å². The van der Waals surface area contributed by atoms with Gasteiger partial charge in [-0.05, 0) is 70.6 Å². The molecule has 0 heterocycles. The molecule has 0 amide bonds. The summed E-state index contributed by atoms with van der Waals surface area (Å²) in [6.07, 6.45) is 45.6. The van der Waals surface area contributed by atoms with Gasteiger partial charge in [0.2, 0.25) is 0 Å². The van der Waals surface area contributed by atoms with Crippen LogP contribution in [0.4, 0.5) is 0 Å². The average Bonchev–Trinajstić information content (AvgIpc) is 3.07. The number of likely N-dealkylation sites (N-methyl/N-ethyl adjacent to an activating group) is 1. The molecule has 0 aliphatic heterocycles. The third-order valence-corrected chi connectivity index (χ3v) is 7.08. The second kappa shape index (κ2) is 34.2. The van der Waals surface area contributed by atoms with Gasteiger partial charge in [0.25, 0.3) is 0 Å². The molecule has 8 heteroatoms. The standard InChI is InChI=1S/C42H67NO7/c1-5-6-7-8-9-10-11-12-13-14-15-16-17-18-19-20-21-22-23-24-25-26-27-28-29-30-31-32-33-34-40(45)49-37-39(44)38-50-42(41(46)47)48-36-35-43(2,3)4/h6-7,9-10,12-13,15-16,18-19,21-22,24-25,27-28,39,42,44H,5,8,11,14,17,20,23,26,29-38H2,1-4H3/b7-6-,10-9-,13-12-,16-15-,19-18-,22-21-,25-24-,28-27-. The Bertz CT molecular complexity index is 1080. The Morgan fingerprint density at radius 1 is 0.620 bits per heavy atom. The summed E-state index contributed by atoms with van der Waals surface area (Å²) in [6, 6.07) is 0. The van der Waals surface area contributed by atoms with Crippen LogP contribution in [0, 0.1) is 0 Å². The highest BCUT2D eigenvalue weighted by molar-refractivity contribution is 5.69. The molecule has 50 heavy (non-hydrogen) atoms. The van der Waals surface area contributed by atoms with Crippen LogP contribution in [0.1, 0.15) is 96.8 Å². The molecule has 0 radical (unpaired) electrons. The molecular weight excluding hydrogens is 630 g/mol. The number of unbranched alkanes of at least 4 members (excludes halogenated alkanes) is 4.